The summed E-state index contributed by atoms with van der Waals surface area (Å²) < 4.78 is 5.24. The van der Waals surface area contributed by atoms with Gasteiger partial charge in [-0.3, -0.25) is 4.90 Å². The molecule has 5 nitrogen and oxygen atoms in total. The molecule has 0 radical (unpaired) electrons. The molecular weight excluding hydrogens is 267 g/mol. The van der Waals surface area contributed by atoms with Crippen molar-refractivity contribution in [3.05, 3.63) is 23.8 Å². The maximum absolute atomic E-state index is 9.52. The van der Waals surface area contributed by atoms with E-state index in [1.54, 1.807) is 19.2 Å². The van der Waals surface area contributed by atoms with Gasteiger partial charge in [-0.15, -0.1) is 0 Å². The van der Waals surface area contributed by atoms with Crippen molar-refractivity contribution in [1.29, 1.82) is 0 Å². The topological polar surface area (TPSA) is 56.2 Å². The number of likely N-dealkylation sites (N-methyl/N-ethyl adjacent to an activating group) is 2. The van der Waals surface area contributed by atoms with Crippen molar-refractivity contribution >= 4 is 12.6 Å². The summed E-state index contributed by atoms with van der Waals surface area (Å²) in [6, 6.07) is 5.86. The van der Waals surface area contributed by atoms with E-state index in [4.69, 9.17) is 4.74 Å². The monoisotopic (exact) mass is 292 g/mol. The van der Waals surface area contributed by atoms with E-state index in [1.807, 2.05) is 6.07 Å². The third-order valence-electron chi connectivity index (χ3n) is 4.27. The molecule has 1 aliphatic heterocycles. The van der Waals surface area contributed by atoms with Gasteiger partial charge in [0.2, 0.25) is 0 Å². The Bertz CT molecular complexity index is 470. The predicted octanol–water partition coefficient (Wildman–Crippen LogP) is -0.0990. The number of ether oxygens (including phenoxy) is 1. The molecule has 1 saturated heterocycles. The highest BCUT2D eigenvalue weighted by molar-refractivity contribution is 6.59. The van der Waals surface area contributed by atoms with E-state index in [2.05, 4.69) is 23.9 Å². The van der Waals surface area contributed by atoms with Crippen LogP contribution in [0, 0.1) is 0 Å². The molecule has 1 aromatic rings. The summed E-state index contributed by atoms with van der Waals surface area (Å²) in [6.07, 6.45) is 2.39. The number of hydrogen-bond donors (Lipinski definition) is 2. The molecule has 0 aliphatic carbocycles. The lowest BCUT2D eigenvalue weighted by atomic mass is 9.76. The fraction of sp³-hybridized carbons (Fsp3) is 0.600. The molecule has 2 N–H and O–H groups in total. The number of benzene rings is 1. The molecule has 0 aromatic heterocycles. The van der Waals surface area contributed by atoms with Crippen LogP contribution in [0.2, 0.25) is 0 Å². The highest BCUT2D eigenvalue weighted by Gasteiger charge is 2.23. The van der Waals surface area contributed by atoms with Crippen molar-refractivity contribution < 1.29 is 14.8 Å². The first kappa shape index (κ1) is 16.3. The van der Waals surface area contributed by atoms with Crippen LogP contribution < -0.4 is 10.2 Å². The lowest BCUT2D eigenvalue weighted by Gasteiger charge is -2.36. The van der Waals surface area contributed by atoms with Gasteiger partial charge in [-0.1, -0.05) is 6.07 Å². The van der Waals surface area contributed by atoms with E-state index in [0.29, 0.717) is 18.0 Å². The van der Waals surface area contributed by atoms with E-state index < -0.39 is 7.12 Å². The Balaban J connectivity index is 2.13. The number of likely N-dealkylation sites (tertiary alicyclic amines) is 1. The maximum atomic E-state index is 9.52. The summed E-state index contributed by atoms with van der Waals surface area (Å²) in [7, 11) is 4.41. The maximum Gasteiger partial charge on any atom is 0.488 e. The lowest BCUT2D eigenvalue weighted by molar-refractivity contribution is 0.129. The lowest BCUT2D eigenvalue weighted by Crippen LogP contribution is -2.45. The van der Waals surface area contributed by atoms with Crippen LogP contribution in [0.25, 0.3) is 0 Å². The molecule has 1 unspecified atom stereocenters. The van der Waals surface area contributed by atoms with Crippen molar-refractivity contribution in [2.75, 3.05) is 34.3 Å². The third kappa shape index (κ3) is 4.20. The van der Waals surface area contributed by atoms with Gasteiger partial charge in [0.05, 0.1) is 7.11 Å². The first-order valence-corrected chi connectivity index (χ1v) is 7.43. The van der Waals surface area contributed by atoms with Crippen LogP contribution >= 0.6 is 0 Å². The van der Waals surface area contributed by atoms with Gasteiger partial charge < -0.3 is 19.7 Å². The number of piperidine rings is 1. The average Bonchev–Trinajstić information content (AvgIpc) is 2.46. The Labute approximate surface area is 127 Å². The van der Waals surface area contributed by atoms with Crippen LogP contribution in [0.4, 0.5) is 0 Å². The summed E-state index contributed by atoms with van der Waals surface area (Å²) in [5, 5.41) is 19.0. The Hall–Kier alpha value is -1.08. The molecule has 0 spiro atoms. The van der Waals surface area contributed by atoms with Crippen LogP contribution in [0.15, 0.2) is 18.2 Å². The fourth-order valence-corrected chi connectivity index (χ4v) is 2.99. The van der Waals surface area contributed by atoms with Crippen LogP contribution in [0.1, 0.15) is 18.4 Å². The molecule has 116 valence electrons. The second kappa shape index (κ2) is 7.27. The second-order valence-corrected chi connectivity index (χ2v) is 5.91. The van der Waals surface area contributed by atoms with Gasteiger partial charge in [-0.25, -0.2) is 0 Å². The zero-order valence-electron chi connectivity index (χ0n) is 13.1. The average molecular weight is 292 g/mol. The van der Waals surface area contributed by atoms with Crippen molar-refractivity contribution in [2.45, 2.75) is 25.4 Å². The quantitative estimate of drug-likeness (QED) is 0.742. The van der Waals surface area contributed by atoms with Gasteiger partial charge in [0.1, 0.15) is 5.75 Å². The van der Waals surface area contributed by atoms with Crippen LogP contribution in [0.5, 0.6) is 5.75 Å². The summed E-state index contributed by atoms with van der Waals surface area (Å²) in [5.74, 6) is 0.739. The summed E-state index contributed by atoms with van der Waals surface area (Å²) in [4.78, 5) is 4.63. The highest BCUT2D eigenvalue weighted by atomic mass is 16.5. The number of nitrogens with zero attached hydrogens (tertiary/aromatic N) is 2. The van der Waals surface area contributed by atoms with E-state index in [-0.39, 0.29) is 0 Å². The van der Waals surface area contributed by atoms with Gasteiger partial charge in [0.25, 0.3) is 0 Å². The van der Waals surface area contributed by atoms with E-state index in [0.717, 1.165) is 24.4 Å². The molecule has 1 aliphatic rings. The van der Waals surface area contributed by atoms with Crippen molar-refractivity contribution in [2.24, 2.45) is 0 Å². The third-order valence-corrected chi connectivity index (χ3v) is 4.27. The Kier molecular flexibility index (Phi) is 5.64. The Morgan fingerprint density at radius 2 is 2.19 bits per heavy atom. The number of rotatable bonds is 5. The number of hydrogen-bond acceptors (Lipinski definition) is 5. The minimum absolute atomic E-state index is 0.499. The Morgan fingerprint density at radius 3 is 2.81 bits per heavy atom. The van der Waals surface area contributed by atoms with E-state index in [9.17, 15) is 10.0 Å². The first-order chi connectivity index (χ1) is 10.0. The van der Waals surface area contributed by atoms with Gasteiger partial charge in [0.15, 0.2) is 0 Å². The first-order valence-electron chi connectivity index (χ1n) is 7.43. The normalized spacial score (nSPS) is 19.8. The SMILES string of the molecule is COc1ccc(B(O)O)c(CN(C)C2CCCN(C)C2)c1. The fourth-order valence-electron chi connectivity index (χ4n) is 2.99. The molecule has 21 heavy (non-hydrogen) atoms. The summed E-state index contributed by atoms with van der Waals surface area (Å²) >= 11 is 0. The van der Waals surface area contributed by atoms with Crippen molar-refractivity contribution in [3.63, 3.8) is 0 Å². The van der Waals surface area contributed by atoms with Gasteiger partial charge in [0, 0.05) is 19.1 Å². The summed E-state index contributed by atoms with van der Waals surface area (Å²) in [6.45, 7) is 2.89. The standard InChI is InChI=1S/C15H25BN2O3/c1-17-8-4-5-13(11-17)18(2)10-12-9-14(21-3)6-7-15(12)16(19)20/h6-7,9,13,19-20H,4-5,8,10-11H2,1-3H3. The highest BCUT2D eigenvalue weighted by Crippen LogP contribution is 2.18. The van der Waals surface area contributed by atoms with Crippen LogP contribution in [-0.4, -0.2) is 67.3 Å². The molecular formula is C15H25BN2O3. The summed E-state index contributed by atoms with van der Waals surface area (Å²) in [5.41, 5.74) is 1.45. The molecule has 0 bridgehead atoms. The zero-order valence-corrected chi connectivity index (χ0v) is 13.1. The van der Waals surface area contributed by atoms with Crippen LogP contribution in [-0.2, 0) is 6.54 Å². The largest absolute Gasteiger partial charge is 0.497 e. The molecule has 1 heterocycles. The van der Waals surface area contributed by atoms with Crippen molar-refractivity contribution in [3.8, 4) is 5.75 Å². The smallest absolute Gasteiger partial charge is 0.488 e. The molecule has 0 saturated carbocycles. The van der Waals surface area contributed by atoms with Crippen molar-refractivity contribution in [1.82, 2.24) is 9.80 Å². The minimum atomic E-state index is -1.45. The van der Waals surface area contributed by atoms with Gasteiger partial charge in [-0.05, 0) is 56.6 Å². The zero-order chi connectivity index (χ0) is 15.4. The van der Waals surface area contributed by atoms with Gasteiger partial charge >= 0.3 is 7.12 Å². The predicted molar refractivity (Wildman–Crippen MR) is 84.8 cm³/mol. The number of methoxy groups -OCH3 is 1. The van der Waals surface area contributed by atoms with Crippen LogP contribution in [0.3, 0.4) is 0 Å². The Morgan fingerprint density at radius 1 is 1.43 bits per heavy atom. The van der Waals surface area contributed by atoms with Gasteiger partial charge in [-0.2, -0.15) is 0 Å². The van der Waals surface area contributed by atoms with E-state index >= 15 is 0 Å². The second-order valence-electron chi connectivity index (χ2n) is 5.91. The molecule has 0 amide bonds. The molecule has 2 rings (SSSR count). The molecule has 1 atom stereocenters. The minimum Gasteiger partial charge on any atom is -0.497 e. The van der Waals surface area contributed by atoms with E-state index in [1.165, 1.54) is 12.8 Å². The molecule has 1 aromatic carbocycles. The molecule has 6 heteroatoms. The molecule has 1 fully saturated rings.